The highest BCUT2D eigenvalue weighted by Gasteiger charge is 2.24. The van der Waals surface area contributed by atoms with E-state index in [2.05, 4.69) is 6.07 Å². The van der Waals surface area contributed by atoms with Crippen molar-refractivity contribution in [1.29, 1.82) is 10.7 Å². The van der Waals surface area contributed by atoms with Crippen molar-refractivity contribution in [2.75, 3.05) is 0 Å². The first-order valence-electron chi connectivity index (χ1n) is 3.67. The first kappa shape index (κ1) is 6.86. The molecule has 3 heteroatoms. The third-order valence-electron chi connectivity index (χ3n) is 1.94. The number of amidine groups is 1. The van der Waals surface area contributed by atoms with Crippen LogP contribution in [0.3, 0.4) is 0 Å². The highest BCUT2D eigenvalue weighted by molar-refractivity contribution is 5.90. The third-order valence-corrected chi connectivity index (χ3v) is 1.94. The largest absolute Gasteiger partial charge is 0.304 e. The maximum Gasteiger partial charge on any atom is 0.110 e. The molecular formula is C9H7N3. The lowest BCUT2D eigenvalue weighted by Gasteiger charge is -2.16. The van der Waals surface area contributed by atoms with Gasteiger partial charge in [0.2, 0.25) is 0 Å². The summed E-state index contributed by atoms with van der Waals surface area (Å²) in [7, 11) is 0. The minimum atomic E-state index is 0.459. The summed E-state index contributed by atoms with van der Waals surface area (Å²) in [5.41, 5.74) is 1.53. The Morgan fingerprint density at radius 2 is 2.33 bits per heavy atom. The molecule has 0 spiro atoms. The van der Waals surface area contributed by atoms with Gasteiger partial charge in [0.1, 0.15) is 5.84 Å². The Bertz CT molecular complexity index is 366. The Balaban J connectivity index is 2.50. The number of nitrogens with zero attached hydrogens (tertiary/aromatic N) is 2. The van der Waals surface area contributed by atoms with Crippen LogP contribution in [-0.4, -0.2) is 10.7 Å². The number of allylic oxidation sites excluding steroid dienone is 3. The lowest BCUT2D eigenvalue weighted by molar-refractivity contribution is 0.714. The number of fused-ring (bicyclic) bond motifs is 1. The van der Waals surface area contributed by atoms with Crippen LogP contribution in [0.5, 0.6) is 0 Å². The molecule has 3 nitrogen and oxygen atoms in total. The number of hydrogen-bond donors (Lipinski definition) is 1. The van der Waals surface area contributed by atoms with E-state index in [9.17, 15) is 0 Å². The highest BCUT2D eigenvalue weighted by atomic mass is 15.2. The van der Waals surface area contributed by atoms with Crippen molar-refractivity contribution < 1.29 is 0 Å². The maximum absolute atomic E-state index is 8.73. The van der Waals surface area contributed by atoms with Crippen LogP contribution >= 0.6 is 0 Å². The van der Waals surface area contributed by atoms with E-state index in [0.29, 0.717) is 17.8 Å². The van der Waals surface area contributed by atoms with Crippen molar-refractivity contribution in [2.24, 2.45) is 0 Å². The first-order chi connectivity index (χ1) is 5.83. The molecule has 58 valence electrons. The van der Waals surface area contributed by atoms with Gasteiger partial charge in [0.25, 0.3) is 0 Å². The van der Waals surface area contributed by atoms with Crippen molar-refractivity contribution in [3.8, 4) is 6.07 Å². The molecule has 2 rings (SSSR count). The van der Waals surface area contributed by atoms with Gasteiger partial charge in [-0.25, -0.2) is 0 Å². The topological polar surface area (TPSA) is 50.9 Å². The van der Waals surface area contributed by atoms with Crippen molar-refractivity contribution in [1.82, 2.24) is 4.90 Å². The summed E-state index contributed by atoms with van der Waals surface area (Å²) in [4.78, 5) is 1.73. The summed E-state index contributed by atoms with van der Waals surface area (Å²) >= 11 is 0. The Hall–Kier alpha value is -1.82. The van der Waals surface area contributed by atoms with Crippen LogP contribution in [0.15, 0.2) is 35.7 Å². The van der Waals surface area contributed by atoms with E-state index in [1.807, 2.05) is 24.4 Å². The van der Waals surface area contributed by atoms with Crippen LogP contribution in [-0.2, 0) is 0 Å². The summed E-state index contributed by atoms with van der Waals surface area (Å²) in [5, 5.41) is 16.3. The lowest BCUT2D eigenvalue weighted by atomic mass is 10.2. The van der Waals surface area contributed by atoms with Gasteiger partial charge in [-0.1, -0.05) is 6.08 Å². The second-order valence-electron chi connectivity index (χ2n) is 2.67. The van der Waals surface area contributed by atoms with Gasteiger partial charge >= 0.3 is 0 Å². The molecule has 0 fully saturated rings. The molecule has 0 aromatic rings. The number of hydrogen-bond acceptors (Lipinski definition) is 2. The summed E-state index contributed by atoms with van der Waals surface area (Å²) in [6.45, 7) is 0. The molecule has 2 heterocycles. The zero-order valence-corrected chi connectivity index (χ0v) is 6.41. The van der Waals surface area contributed by atoms with Gasteiger partial charge in [-0.05, 0) is 12.2 Å². The Kier molecular flexibility index (Phi) is 1.34. The van der Waals surface area contributed by atoms with Gasteiger partial charge in [-0.2, -0.15) is 5.26 Å². The van der Waals surface area contributed by atoms with Crippen LogP contribution in [0.1, 0.15) is 6.42 Å². The Labute approximate surface area is 70.4 Å². The molecule has 2 aliphatic heterocycles. The maximum atomic E-state index is 8.73. The first-order valence-corrected chi connectivity index (χ1v) is 3.67. The number of rotatable bonds is 0. The Morgan fingerprint density at radius 3 is 3.08 bits per heavy atom. The van der Waals surface area contributed by atoms with Crippen molar-refractivity contribution in [3.63, 3.8) is 0 Å². The van der Waals surface area contributed by atoms with E-state index in [1.54, 1.807) is 4.90 Å². The SMILES string of the molecule is N#CC1=C2C=CC=CN2C(=N)C1. The standard InChI is InChI=1S/C9H7N3/c10-6-7-5-9(11)12-4-2-1-3-8(7)12/h1-4,11H,5H2. The minimum absolute atomic E-state index is 0.459. The smallest absolute Gasteiger partial charge is 0.110 e. The molecule has 0 aromatic heterocycles. The molecule has 0 radical (unpaired) electrons. The molecule has 0 saturated heterocycles. The predicted molar refractivity (Wildman–Crippen MR) is 45.1 cm³/mol. The molecule has 0 amide bonds. The molecule has 12 heavy (non-hydrogen) atoms. The van der Waals surface area contributed by atoms with Gasteiger partial charge < -0.3 is 4.90 Å². The zero-order valence-electron chi connectivity index (χ0n) is 6.41. The molecule has 0 aromatic carbocycles. The van der Waals surface area contributed by atoms with E-state index >= 15 is 0 Å². The van der Waals surface area contributed by atoms with Crippen molar-refractivity contribution in [2.45, 2.75) is 6.42 Å². The van der Waals surface area contributed by atoms with Crippen molar-refractivity contribution >= 4 is 5.84 Å². The second-order valence-corrected chi connectivity index (χ2v) is 2.67. The minimum Gasteiger partial charge on any atom is -0.304 e. The highest BCUT2D eigenvalue weighted by Crippen LogP contribution is 2.27. The monoisotopic (exact) mass is 157 g/mol. The normalized spacial score (nSPS) is 19.9. The summed E-state index contributed by atoms with van der Waals surface area (Å²) in [6, 6.07) is 2.11. The average molecular weight is 157 g/mol. The van der Waals surface area contributed by atoms with Crippen LogP contribution in [0.2, 0.25) is 0 Å². The van der Waals surface area contributed by atoms with E-state index in [1.165, 1.54) is 0 Å². The predicted octanol–water partition coefficient (Wildman–Crippen LogP) is 1.53. The van der Waals surface area contributed by atoms with Crippen molar-refractivity contribution in [3.05, 3.63) is 35.7 Å². The fourth-order valence-corrected chi connectivity index (χ4v) is 1.36. The molecule has 0 unspecified atom stereocenters. The van der Waals surface area contributed by atoms with Crippen LogP contribution < -0.4 is 0 Å². The number of nitrogens with one attached hydrogen (secondary N) is 1. The molecule has 0 atom stereocenters. The molecule has 1 N–H and O–H groups in total. The van der Waals surface area contributed by atoms with Gasteiger partial charge in [0.15, 0.2) is 0 Å². The molecule has 0 bridgehead atoms. The van der Waals surface area contributed by atoms with E-state index in [-0.39, 0.29) is 0 Å². The van der Waals surface area contributed by atoms with Gasteiger partial charge in [-0.3, -0.25) is 5.41 Å². The van der Waals surface area contributed by atoms with Gasteiger partial charge in [0, 0.05) is 12.6 Å². The third kappa shape index (κ3) is 0.785. The second kappa shape index (κ2) is 2.35. The lowest BCUT2D eigenvalue weighted by Crippen LogP contribution is -2.18. The zero-order chi connectivity index (χ0) is 8.55. The molecule has 0 saturated carbocycles. The molecular weight excluding hydrogens is 150 g/mol. The van der Waals surface area contributed by atoms with Crippen LogP contribution in [0.25, 0.3) is 0 Å². The van der Waals surface area contributed by atoms with E-state index in [4.69, 9.17) is 10.7 Å². The fourth-order valence-electron chi connectivity index (χ4n) is 1.36. The van der Waals surface area contributed by atoms with Crippen LogP contribution in [0.4, 0.5) is 0 Å². The van der Waals surface area contributed by atoms with E-state index in [0.717, 1.165) is 5.70 Å². The molecule has 0 aliphatic carbocycles. The Morgan fingerprint density at radius 1 is 1.50 bits per heavy atom. The summed E-state index contributed by atoms with van der Waals surface area (Å²) in [5.74, 6) is 0.474. The summed E-state index contributed by atoms with van der Waals surface area (Å²) in [6.07, 6.45) is 7.86. The summed E-state index contributed by atoms with van der Waals surface area (Å²) < 4.78 is 0. The average Bonchev–Trinajstić information content (AvgIpc) is 2.44. The van der Waals surface area contributed by atoms with Gasteiger partial charge in [0.05, 0.1) is 17.3 Å². The van der Waals surface area contributed by atoms with E-state index < -0.39 is 0 Å². The van der Waals surface area contributed by atoms with Gasteiger partial charge in [-0.15, -0.1) is 0 Å². The molecule has 2 aliphatic rings. The fraction of sp³-hybridized carbons (Fsp3) is 0.111. The number of nitriles is 1. The van der Waals surface area contributed by atoms with Crippen LogP contribution in [0, 0.1) is 16.7 Å². The quantitative estimate of drug-likeness (QED) is 0.579.